The normalized spacial score (nSPS) is 17.9. The number of piperidine rings is 1. The lowest BCUT2D eigenvalue weighted by Crippen LogP contribution is -2.37. The molecule has 0 bridgehead atoms. The van der Waals surface area contributed by atoms with Crippen molar-refractivity contribution in [1.29, 1.82) is 0 Å². The van der Waals surface area contributed by atoms with Gasteiger partial charge in [-0.1, -0.05) is 12.1 Å². The standard InChI is InChI=1S/C14H18FNO3/c15-12-3-1-2-4-13(12)19-9-11(14(17)18)10-5-7-16-8-6-10/h1-4,10-11,16H,5-9H2,(H,17,18). The molecule has 1 saturated heterocycles. The number of carbonyl (C=O) groups is 1. The van der Waals surface area contributed by atoms with Crippen LogP contribution in [0.5, 0.6) is 5.75 Å². The Labute approximate surface area is 111 Å². The molecule has 1 aliphatic rings. The number of hydrogen-bond donors (Lipinski definition) is 2. The Morgan fingerprint density at radius 2 is 2.11 bits per heavy atom. The van der Waals surface area contributed by atoms with E-state index in [1.54, 1.807) is 12.1 Å². The summed E-state index contributed by atoms with van der Waals surface area (Å²) in [5.41, 5.74) is 0. The topological polar surface area (TPSA) is 58.6 Å². The van der Waals surface area contributed by atoms with Crippen LogP contribution < -0.4 is 10.1 Å². The molecular formula is C14H18FNO3. The molecule has 2 N–H and O–H groups in total. The molecule has 0 radical (unpaired) electrons. The number of aliphatic carboxylic acids is 1. The minimum atomic E-state index is -0.872. The van der Waals surface area contributed by atoms with Crippen LogP contribution in [0, 0.1) is 17.7 Å². The Morgan fingerprint density at radius 1 is 1.42 bits per heavy atom. The van der Waals surface area contributed by atoms with Gasteiger partial charge in [-0.05, 0) is 44.0 Å². The third-order valence-corrected chi connectivity index (χ3v) is 3.53. The predicted octanol–water partition coefficient (Wildman–Crippen LogP) is 1.90. The number of rotatable bonds is 5. The number of ether oxygens (including phenoxy) is 1. The van der Waals surface area contributed by atoms with Crippen LogP contribution in [-0.4, -0.2) is 30.8 Å². The highest BCUT2D eigenvalue weighted by atomic mass is 19.1. The van der Waals surface area contributed by atoms with Crippen LogP contribution >= 0.6 is 0 Å². The molecule has 1 heterocycles. The quantitative estimate of drug-likeness (QED) is 0.855. The molecule has 0 saturated carbocycles. The Hall–Kier alpha value is -1.62. The van der Waals surface area contributed by atoms with Gasteiger partial charge in [-0.15, -0.1) is 0 Å². The molecular weight excluding hydrogens is 249 g/mol. The van der Waals surface area contributed by atoms with Crippen LogP contribution in [0.4, 0.5) is 4.39 Å². The summed E-state index contributed by atoms with van der Waals surface area (Å²) in [6, 6.07) is 6.05. The van der Waals surface area contributed by atoms with Gasteiger partial charge in [-0.2, -0.15) is 0 Å². The average molecular weight is 267 g/mol. The lowest BCUT2D eigenvalue weighted by molar-refractivity contribution is -0.145. The zero-order valence-electron chi connectivity index (χ0n) is 10.6. The van der Waals surface area contributed by atoms with E-state index in [0.717, 1.165) is 25.9 Å². The molecule has 1 atom stereocenters. The molecule has 4 nitrogen and oxygen atoms in total. The average Bonchev–Trinajstić information content (AvgIpc) is 2.42. The van der Waals surface area contributed by atoms with Crippen LogP contribution in [0.3, 0.4) is 0 Å². The third kappa shape index (κ3) is 3.67. The van der Waals surface area contributed by atoms with Gasteiger partial charge in [-0.25, -0.2) is 4.39 Å². The molecule has 0 aliphatic carbocycles. The van der Waals surface area contributed by atoms with Crippen molar-refractivity contribution in [3.05, 3.63) is 30.1 Å². The van der Waals surface area contributed by atoms with Crippen LogP contribution in [0.15, 0.2) is 24.3 Å². The lowest BCUT2D eigenvalue weighted by Gasteiger charge is -2.28. The summed E-state index contributed by atoms with van der Waals surface area (Å²) in [4.78, 5) is 11.3. The Balaban J connectivity index is 1.97. The van der Waals surface area contributed by atoms with E-state index in [4.69, 9.17) is 4.74 Å². The van der Waals surface area contributed by atoms with Gasteiger partial charge in [0.15, 0.2) is 11.6 Å². The first-order valence-corrected chi connectivity index (χ1v) is 6.49. The summed E-state index contributed by atoms with van der Waals surface area (Å²) in [6.07, 6.45) is 1.63. The fraction of sp³-hybridized carbons (Fsp3) is 0.500. The van der Waals surface area contributed by atoms with E-state index in [0.29, 0.717) is 0 Å². The molecule has 104 valence electrons. The van der Waals surface area contributed by atoms with E-state index in [-0.39, 0.29) is 18.3 Å². The maximum Gasteiger partial charge on any atom is 0.310 e. The first-order chi connectivity index (χ1) is 9.18. The van der Waals surface area contributed by atoms with Crippen molar-refractivity contribution in [3.63, 3.8) is 0 Å². The molecule has 5 heteroatoms. The second-order valence-corrected chi connectivity index (χ2v) is 4.77. The van der Waals surface area contributed by atoms with E-state index in [1.807, 2.05) is 0 Å². The van der Waals surface area contributed by atoms with Crippen molar-refractivity contribution in [3.8, 4) is 5.75 Å². The van der Waals surface area contributed by atoms with Gasteiger partial charge in [0.2, 0.25) is 0 Å². The second-order valence-electron chi connectivity index (χ2n) is 4.77. The molecule has 0 spiro atoms. The molecule has 1 aromatic carbocycles. The molecule has 0 amide bonds. The van der Waals surface area contributed by atoms with E-state index in [2.05, 4.69) is 5.32 Å². The zero-order chi connectivity index (χ0) is 13.7. The van der Waals surface area contributed by atoms with Crippen molar-refractivity contribution >= 4 is 5.97 Å². The van der Waals surface area contributed by atoms with E-state index < -0.39 is 17.7 Å². The van der Waals surface area contributed by atoms with Gasteiger partial charge < -0.3 is 15.2 Å². The number of hydrogen-bond acceptors (Lipinski definition) is 3. The van der Waals surface area contributed by atoms with Crippen molar-refractivity contribution in [1.82, 2.24) is 5.32 Å². The van der Waals surface area contributed by atoms with Crippen LogP contribution in [-0.2, 0) is 4.79 Å². The van der Waals surface area contributed by atoms with Crippen molar-refractivity contribution < 1.29 is 19.0 Å². The molecule has 2 rings (SSSR count). The van der Waals surface area contributed by atoms with Crippen LogP contribution in [0.25, 0.3) is 0 Å². The summed E-state index contributed by atoms with van der Waals surface area (Å²) < 4.78 is 18.7. The number of nitrogens with one attached hydrogen (secondary N) is 1. The fourth-order valence-electron chi connectivity index (χ4n) is 2.40. The van der Waals surface area contributed by atoms with Crippen molar-refractivity contribution in [2.45, 2.75) is 12.8 Å². The smallest absolute Gasteiger partial charge is 0.310 e. The van der Waals surface area contributed by atoms with Gasteiger partial charge in [-0.3, -0.25) is 4.79 Å². The van der Waals surface area contributed by atoms with Gasteiger partial charge in [0, 0.05) is 0 Å². The monoisotopic (exact) mass is 267 g/mol. The van der Waals surface area contributed by atoms with Crippen LogP contribution in [0.1, 0.15) is 12.8 Å². The Morgan fingerprint density at radius 3 is 2.74 bits per heavy atom. The number of carboxylic acid groups (broad SMARTS) is 1. The van der Waals surface area contributed by atoms with Gasteiger partial charge >= 0.3 is 5.97 Å². The maximum absolute atomic E-state index is 13.4. The summed E-state index contributed by atoms with van der Waals surface area (Å²) in [5.74, 6) is -1.71. The van der Waals surface area contributed by atoms with Gasteiger partial charge in [0.1, 0.15) is 6.61 Å². The largest absolute Gasteiger partial charge is 0.490 e. The highest BCUT2D eigenvalue weighted by Crippen LogP contribution is 2.24. The molecule has 1 unspecified atom stereocenters. The minimum Gasteiger partial charge on any atom is -0.490 e. The summed E-state index contributed by atoms with van der Waals surface area (Å²) >= 11 is 0. The van der Waals surface area contributed by atoms with Gasteiger partial charge in [0.25, 0.3) is 0 Å². The zero-order valence-corrected chi connectivity index (χ0v) is 10.6. The number of benzene rings is 1. The number of halogens is 1. The van der Waals surface area contributed by atoms with Crippen LogP contribution in [0.2, 0.25) is 0 Å². The number of carboxylic acids is 1. The molecule has 19 heavy (non-hydrogen) atoms. The van der Waals surface area contributed by atoms with Crippen molar-refractivity contribution in [2.75, 3.05) is 19.7 Å². The van der Waals surface area contributed by atoms with E-state index in [1.165, 1.54) is 12.1 Å². The summed E-state index contributed by atoms with van der Waals surface area (Å²) in [7, 11) is 0. The maximum atomic E-state index is 13.4. The van der Waals surface area contributed by atoms with Gasteiger partial charge in [0.05, 0.1) is 5.92 Å². The highest BCUT2D eigenvalue weighted by molar-refractivity contribution is 5.70. The highest BCUT2D eigenvalue weighted by Gasteiger charge is 2.30. The lowest BCUT2D eigenvalue weighted by atomic mass is 9.85. The molecule has 1 aromatic rings. The van der Waals surface area contributed by atoms with E-state index >= 15 is 0 Å². The molecule has 0 aromatic heterocycles. The first-order valence-electron chi connectivity index (χ1n) is 6.49. The van der Waals surface area contributed by atoms with E-state index in [9.17, 15) is 14.3 Å². The molecule has 1 fully saturated rings. The second kappa shape index (κ2) is 6.52. The molecule has 1 aliphatic heterocycles. The fourth-order valence-corrected chi connectivity index (χ4v) is 2.40. The predicted molar refractivity (Wildman–Crippen MR) is 68.6 cm³/mol. The number of para-hydroxylation sites is 1. The Bertz CT molecular complexity index is 432. The first kappa shape index (κ1) is 13.8. The van der Waals surface area contributed by atoms with Crippen molar-refractivity contribution in [2.24, 2.45) is 11.8 Å². The summed E-state index contributed by atoms with van der Waals surface area (Å²) in [6.45, 7) is 1.67. The SMILES string of the molecule is O=C(O)C(COc1ccccc1F)C1CCNCC1. The summed E-state index contributed by atoms with van der Waals surface area (Å²) in [5, 5.41) is 12.5. The Kier molecular flexibility index (Phi) is 4.74. The minimum absolute atomic E-state index is 0.0148. The third-order valence-electron chi connectivity index (χ3n) is 3.53.